The van der Waals surface area contributed by atoms with Gasteiger partial charge in [-0.1, -0.05) is 40.2 Å². The van der Waals surface area contributed by atoms with E-state index in [1.165, 1.54) is 6.26 Å². The molecule has 2 rings (SSSR count). The predicted octanol–water partition coefficient (Wildman–Crippen LogP) is 3.03. The maximum Gasteiger partial charge on any atom is 0.191 e. The molecule has 0 bridgehead atoms. The Hall–Kier alpha value is -1.86. The zero-order valence-corrected chi connectivity index (χ0v) is 16.9. The average molecular weight is 424 g/mol. The molecule has 0 spiro atoms. The highest BCUT2D eigenvalue weighted by atomic mass is 79.9. The largest absolute Gasteiger partial charge is 0.352 e. The monoisotopic (exact) mass is 423 g/mol. The third-order valence-electron chi connectivity index (χ3n) is 3.67. The summed E-state index contributed by atoms with van der Waals surface area (Å²) in [6.45, 7) is 3.02. The number of halogens is 1. The highest BCUT2D eigenvalue weighted by molar-refractivity contribution is 9.10. The van der Waals surface area contributed by atoms with Crippen LogP contribution in [0.4, 0.5) is 0 Å². The number of aliphatic imine (C=N–C) groups is 1. The highest BCUT2D eigenvalue weighted by Gasteiger charge is 2.10. The molecule has 0 saturated heterocycles. The van der Waals surface area contributed by atoms with E-state index >= 15 is 0 Å². The Balaban J connectivity index is 1.96. The Bertz CT molecular complexity index is 880. The normalized spacial score (nSPS) is 12.1. The van der Waals surface area contributed by atoms with Crippen LogP contribution in [-0.4, -0.2) is 27.7 Å². The van der Waals surface area contributed by atoms with Gasteiger partial charge in [-0.2, -0.15) is 0 Å². The lowest BCUT2D eigenvalue weighted by molar-refractivity contribution is 0.601. The van der Waals surface area contributed by atoms with Gasteiger partial charge in [-0.3, -0.25) is 4.99 Å². The van der Waals surface area contributed by atoms with Crippen molar-refractivity contribution >= 4 is 31.7 Å². The van der Waals surface area contributed by atoms with Crippen LogP contribution in [0.15, 0.2) is 56.8 Å². The standard InChI is InChI=1S/C18H22BrN3O2S/c1-13-9-15(7-8-17(13)25(3,23)24)12-22-18(20-2)21-11-14-5-4-6-16(19)10-14/h4-10H,11-12H2,1-3H3,(H2,20,21,22). The topological polar surface area (TPSA) is 70.6 Å². The Morgan fingerprint density at radius 2 is 1.72 bits per heavy atom. The molecule has 0 heterocycles. The average Bonchev–Trinajstić information content (AvgIpc) is 2.54. The Morgan fingerprint density at radius 3 is 2.24 bits per heavy atom. The number of nitrogens with zero attached hydrogens (tertiary/aromatic N) is 1. The Kier molecular flexibility index (Phi) is 6.61. The van der Waals surface area contributed by atoms with E-state index in [0.717, 1.165) is 21.2 Å². The number of guanidine groups is 1. The van der Waals surface area contributed by atoms with Crippen LogP contribution in [0.1, 0.15) is 16.7 Å². The van der Waals surface area contributed by atoms with Crippen LogP contribution in [0, 0.1) is 6.92 Å². The molecular formula is C18H22BrN3O2S. The SMILES string of the molecule is CN=C(NCc1cccc(Br)c1)NCc1ccc(S(C)(=O)=O)c(C)c1. The van der Waals surface area contributed by atoms with Gasteiger partial charge in [0.25, 0.3) is 0 Å². The Labute approximate surface area is 157 Å². The first kappa shape index (κ1) is 19.5. The third-order valence-corrected chi connectivity index (χ3v) is 5.42. The number of aryl methyl sites for hydroxylation is 1. The molecule has 0 aliphatic carbocycles. The summed E-state index contributed by atoms with van der Waals surface area (Å²) in [6.07, 6.45) is 1.22. The van der Waals surface area contributed by atoms with Gasteiger partial charge in [0.2, 0.25) is 0 Å². The first-order valence-electron chi connectivity index (χ1n) is 7.78. The lowest BCUT2D eigenvalue weighted by atomic mass is 10.1. The van der Waals surface area contributed by atoms with Gasteiger partial charge in [0.05, 0.1) is 4.90 Å². The summed E-state index contributed by atoms with van der Waals surface area (Å²) in [6, 6.07) is 13.4. The van der Waals surface area contributed by atoms with E-state index in [4.69, 9.17) is 0 Å². The van der Waals surface area contributed by atoms with Crippen molar-refractivity contribution in [1.82, 2.24) is 10.6 Å². The quantitative estimate of drug-likeness (QED) is 0.572. The van der Waals surface area contributed by atoms with Crippen molar-refractivity contribution < 1.29 is 8.42 Å². The molecule has 0 saturated carbocycles. The third kappa shape index (κ3) is 5.86. The molecule has 134 valence electrons. The summed E-state index contributed by atoms with van der Waals surface area (Å²) >= 11 is 3.46. The summed E-state index contributed by atoms with van der Waals surface area (Å²) in [5.41, 5.74) is 2.89. The van der Waals surface area contributed by atoms with Crippen molar-refractivity contribution in [3.05, 3.63) is 63.6 Å². The van der Waals surface area contributed by atoms with E-state index in [-0.39, 0.29) is 0 Å². The minimum absolute atomic E-state index is 0.369. The van der Waals surface area contributed by atoms with Crippen LogP contribution < -0.4 is 10.6 Å². The van der Waals surface area contributed by atoms with Crippen LogP contribution in [-0.2, 0) is 22.9 Å². The number of sulfone groups is 1. The summed E-state index contributed by atoms with van der Waals surface area (Å²) in [4.78, 5) is 4.58. The molecule has 0 unspecified atom stereocenters. The molecule has 0 atom stereocenters. The first-order chi connectivity index (χ1) is 11.8. The zero-order chi connectivity index (χ0) is 18.4. The molecule has 0 aliphatic heterocycles. The predicted molar refractivity (Wildman–Crippen MR) is 105 cm³/mol. The molecule has 0 aromatic heterocycles. The number of rotatable bonds is 5. The van der Waals surface area contributed by atoms with Gasteiger partial charge in [-0.25, -0.2) is 8.42 Å². The maximum atomic E-state index is 11.7. The Morgan fingerprint density at radius 1 is 1.08 bits per heavy atom. The number of benzene rings is 2. The zero-order valence-electron chi connectivity index (χ0n) is 14.5. The fourth-order valence-corrected chi connectivity index (χ4v) is 3.88. The van der Waals surface area contributed by atoms with E-state index in [1.807, 2.05) is 36.4 Å². The summed E-state index contributed by atoms with van der Waals surface area (Å²) in [5, 5.41) is 6.49. The highest BCUT2D eigenvalue weighted by Crippen LogP contribution is 2.16. The molecule has 0 aliphatic rings. The van der Waals surface area contributed by atoms with Crippen LogP contribution in [0.2, 0.25) is 0 Å². The van der Waals surface area contributed by atoms with E-state index in [9.17, 15) is 8.42 Å². The summed E-state index contributed by atoms with van der Waals surface area (Å²) in [7, 11) is -1.47. The van der Waals surface area contributed by atoms with E-state index in [0.29, 0.717) is 23.9 Å². The van der Waals surface area contributed by atoms with E-state index in [1.54, 1.807) is 20.0 Å². The fraction of sp³-hybridized carbons (Fsp3) is 0.278. The van der Waals surface area contributed by atoms with Crippen molar-refractivity contribution in [1.29, 1.82) is 0 Å². The molecule has 5 nitrogen and oxygen atoms in total. The second-order valence-corrected chi connectivity index (χ2v) is 8.68. The minimum atomic E-state index is -3.19. The number of nitrogens with one attached hydrogen (secondary N) is 2. The minimum Gasteiger partial charge on any atom is -0.352 e. The molecule has 2 aromatic rings. The van der Waals surface area contributed by atoms with Crippen molar-refractivity contribution in [3.8, 4) is 0 Å². The molecular weight excluding hydrogens is 402 g/mol. The fourth-order valence-electron chi connectivity index (χ4n) is 2.48. The smallest absolute Gasteiger partial charge is 0.191 e. The van der Waals surface area contributed by atoms with Gasteiger partial charge >= 0.3 is 0 Å². The molecule has 2 N–H and O–H groups in total. The summed E-state index contributed by atoms with van der Waals surface area (Å²) < 4.78 is 24.4. The molecule has 2 aromatic carbocycles. The van der Waals surface area contributed by atoms with Gasteiger partial charge in [0.15, 0.2) is 15.8 Å². The second-order valence-electron chi connectivity index (χ2n) is 5.78. The first-order valence-corrected chi connectivity index (χ1v) is 10.5. The van der Waals surface area contributed by atoms with Crippen LogP contribution >= 0.6 is 15.9 Å². The molecule has 0 fully saturated rings. The lowest BCUT2D eigenvalue weighted by Gasteiger charge is -2.13. The van der Waals surface area contributed by atoms with Crippen LogP contribution in [0.25, 0.3) is 0 Å². The number of hydrogen-bond donors (Lipinski definition) is 2. The number of hydrogen-bond acceptors (Lipinski definition) is 3. The van der Waals surface area contributed by atoms with Gasteiger partial charge in [0.1, 0.15) is 0 Å². The maximum absolute atomic E-state index is 11.7. The van der Waals surface area contributed by atoms with Gasteiger partial charge in [-0.05, 0) is 41.8 Å². The lowest BCUT2D eigenvalue weighted by Crippen LogP contribution is -2.36. The van der Waals surface area contributed by atoms with Crippen molar-refractivity contribution in [3.63, 3.8) is 0 Å². The van der Waals surface area contributed by atoms with Gasteiger partial charge in [0, 0.05) is 30.9 Å². The van der Waals surface area contributed by atoms with Crippen molar-refractivity contribution in [2.24, 2.45) is 4.99 Å². The molecule has 0 radical (unpaired) electrons. The van der Waals surface area contributed by atoms with E-state index in [2.05, 4.69) is 31.6 Å². The van der Waals surface area contributed by atoms with Gasteiger partial charge in [-0.15, -0.1) is 0 Å². The molecule has 0 amide bonds. The van der Waals surface area contributed by atoms with Gasteiger partial charge < -0.3 is 10.6 Å². The summed E-state index contributed by atoms with van der Waals surface area (Å²) in [5.74, 6) is 0.685. The molecule has 7 heteroatoms. The second kappa shape index (κ2) is 8.49. The van der Waals surface area contributed by atoms with Crippen molar-refractivity contribution in [2.75, 3.05) is 13.3 Å². The van der Waals surface area contributed by atoms with Crippen LogP contribution in [0.3, 0.4) is 0 Å². The van der Waals surface area contributed by atoms with Crippen molar-refractivity contribution in [2.45, 2.75) is 24.9 Å². The van der Waals surface area contributed by atoms with E-state index < -0.39 is 9.84 Å². The van der Waals surface area contributed by atoms with Crippen LogP contribution in [0.5, 0.6) is 0 Å². The molecule has 25 heavy (non-hydrogen) atoms.